The number of piperidine rings is 1. The number of halogens is 4. The van der Waals surface area contributed by atoms with Crippen molar-refractivity contribution in [2.75, 3.05) is 36.2 Å². The molecule has 5 N–H and O–H groups in total. The summed E-state index contributed by atoms with van der Waals surface area (Å²) in [6.07, 6.45) is 3.06. The smallest absolute Gasteiger partial charge is 0.270 e. The predicted octanol–water partition coefficient (Wildman–Crippen LogP) is 5.98. The van der Waals surface area contributed by atoms with E-state index in [1.807, 2.05) is 0 Å². The first-order valence-electron chi connectivity index (χ1n) is 13.3. The van der Waals surface area contributed by atoms with E-state index < -0.39 is 33.6 Å². The molecule has 218 valence electrons. The van der Waals surface area contributed by atoms with Crippen LogP contribution in [0.3, 0.4) is 0 Å². The number of thioether (sulfide) groups is 1. The molecule has 0 amide bonds. The Hall–Kier alpha value is -3.33. The highest BCUT2D eigenvalue weighted by Crippen LogP contribution is 2.62. The van der Waals surface area contributed by atoms with Crippen LogP contribution < -0.4 is 25.7 Å². The number of hydrogen-bond acceptors (Lipinski definition) is 9. The van der Waals surface area contributed by atoms with Crippen LogP contribution in [0.4, 0.5) is 30.5 Å². The summed E-state index contributed by atoms with van der Waals surface area (Å²) >= 11 is 7.91. The molecule has 1 atom stereocenters. The zero-order valence-corrected chi connectivity index (χ0v) is 23.5. The third-order valence-electron chi connectivity index (χ3n) is 7.81. The molecule has 0 saturated carbocycles. The van der Waals surface area contributed by atoms with Crippen molar-refractivity contribution in [2.24, 2.45) is 0 Å². The van der Waals surface area contributed by atoms with Crippen LogP contribution in [0.15, 0.2) is 42.6 Å². The predicted molar refractivity (Wildman–Crippen MR) is 154 cm³/mol. The van der Waals surface area contributed by atoms with Crippen molar-refractivity contribution in [3.05, 3.63) is 70.6 Å². The first-order chi connectivity index (χ1) is 20.1. The van der Waals surface area contributed by atoms with E-state index in [1.54, 1.807) is 17.8 Å². The number of rotatable bonds is 6. The van der Waals surface area contributed by atoms with Crippen molar-refractivity contribution in [1.82, 2.24) is 20.2 Å². The van der Waals surface area contributed by atoms with Gasteiger partial charge < -0.3 is 15.4 Å². The van der Waals surface area contributed by atoms with Gasteiger partial charge in [0.2, 0.25) is 5.95 Å². The Bertz CT molecular complexity index is 1740. The van der Waals surface area contributed by atoms with Gasteiger partial charge in [-0.15, -0.1) is 22.2 Å². The molecule has 2 fully saturated rings. The van der Waals surface area contributed by atoms with Crippen LogP contribution in [0.1, 0.15) is 18.4 Å². The summed E-state index contributed by atoms with van der Waals surface area (Å²) in [4.78, 5) is 6.55. The second-order valence-electron chi connectivity index (χ2n) is 10.6. The zero-order valence-electron chi connectivity index (χ0n) is 21.9. The quantitative estimate of drug-likeness (QED) is 0.101. The lowest BCUT2D eigenvalue weighted by Gasteiger charge is -2.24. The van der Waals surface area contributed by atoms with Gasteiger partial charge in [0.05, 0.1) is 26.1 Å². The molecule has 9 nitrogen and oxygen atoms in total. The number of fused-ring (bicyclic) bond motifs is 3. The Morgan fingerprint density at radius 1 is 1.10 bits per heavy atom. The summed E-state index contributed by atoms with van der Waals surface area (Å²) < 4.78 is 52.1. The molecule has 2 saturated heterocycles. The summed E-state index contributed by atoms with van der Waals surface area (Å²) in [5, 5.41) is 28.7. The summed E-state index contributed by atoms with van der Waals surface area (Å²) in [6, 6.07) is 7.73. The first-order valence-corrected chi connectivity index (χ1v) is 14.7. The maximum absolute atomic E-state index is 15.8. The number of hydrogen-bond donors (Lipinski definition) is 5. The second kappa shape index (κ2) is 10.1. The van der Waals surface area contributed by atoms with E-state index in [9.17, 15) is 10.4 Å². The molecule has 1 aromatic heterocycles. The molecule has 0 radical (unpaired) electrons. The third kappa shape index (κ3) is 4.70. The van der Waals surface area contributed by atoms with E-state index in [0.717, 1.165) is 43.8 Å². The number of ether oxygens (including phenoxy) is 1. The average molecular weight is 618 g/mol. The van der Waals surface area contributed by atoms with Crippen molar-refractivity contribution in [3.8, 4) is 16.9 Å². The van der Waals surface area contributed by atoms with Gasteiger partial charge in [-0.1, -0.05) is 11.6 Å². The second-order valence-corrected chi connectivity index (χ2v) is 12.4. The van der Waals surface area contributed by atoms with Gasteiger partial charge in [-0.3, -0.25) is 0 Å². The molecule has 3 aromatic carbocycles. The number of quaternary nitrogens is 1. The highest BCUT2D eigenvalue weighted by Gasteiger charge is 2.55. The maximum Gasteiger partial charge on any atom is 0.270 e. The molecule has 4 aromatic rings. The van der Waals surface area contributed by atoms with Gasteiger partial charge in [0.1, 0.15) is 23.9 Å². The molecular weight excluding hydrogens is 593 g/mol. The lowest BCUT2D eigenvalue weighted by Crippen LogP contribution is -2.48. The van der Waals surface area contributed by atoms with E-state index in [0.29, 0.717) is 18.1 Å². The van der Waals surface area contributed by atoms with Gasteiger partial charge >= 0.3 is 0 Å². The number of aromatic nitrogens is 2. The highest BCUT2D eigenvalue weighted by molar-refractivity contribution is 8.07. The topological polar surface area (TPSA) is 112 Å². The van der Waals surface area contributed by atoms with Gasteiger partial charge in [0.15, 0.2) is 11.6 Å². The third-order valence-corrected chi connectivity index (χ3v) is 9.35. The summed E-state index contributed by atoms with van der Waals surface area (Å²) in [5.74, 6) is -1.86. The molecule has 3 aliphatic rings. The lowest BCUT2D eigenvalue weighted by molar-refractivity contribution is -0.273. The molecular formula is C28H25ClF3N6O3S+. The van der Waals surface area contributed by atoms with Gasteiger partial charge in [0.25, 0.3) is 5.69 Å². The Balaban J connectivity index is 1.22. The summed E-state index contributed by atoms with van der Waals surface area (Å²) in [7, 11) is 0. The number of nitrogens with one attached hydrogen (secondary N) is 3. The van der Waals surface area contributed by atoms with Gasteiger partial charge in [-0.25, -0.2) is 23.1 Å². The van der Waals surface area contributed by atoms with E-state index >= 15 is 13.2 Å². The zero-order chi connectivity index (χ0) is 29.2. The molecule has 7 rings (SSSR count). The molecule has 3 aliphatic heterocycles. The molecule has 0 bridgehead atoms. The van der Waals surface area contributed by atoms with E-state index in [2.05, 4.69) is 26.0 Å². The van der Waals surface area contributed by atoms with Crippen LogP contribution in [0.25, 0.3) is 22.0 Å². The van der Waals surface area contributed by atoms with Crippen molar-refractivity contribution in [1.29, 1.82) is 0 Å². The standard InChI is InChI=1S/C28H25ClF3N6O3S/c29-14-9-18-26(41-12-28(18)13-42-28)22(10-14)38(39,40)37-21-4-2-19(30)23(25(21)32)16-1-3-20-17(24(16)31)11-34-27(36-20)35-15-5-7-33-8-6-15/h1-4,9-11,15,33,37,39-40H,5-8,12-13H2,(H,34,35,36)/q+1. The monoisotopic (exact) mass is 617 g/mol. The fourth-order valence-corrected chi connectivity index (χ4v) is 6.57. The summed E-state index contributed by atoms with van der Waals surface area (Å²) in [5.41, 5.74) is 1.46. The molecule has 1 unspecified atom stereocenters. The van der Waals surface area contributed by atoms with Crippen LogP contribution in [-0.2, 0) is 4.75 Å². The Morgan fingerprint density at radius 2 is 1.88 bits per heavy atom. The largest absolute Gasteiger partial charge is 0.485 e. The number of benzene rings is 3. The normalized spacial score (nSPS) is 20.0. The SMILES string of the molecule is O[N+](O)(Nc1ccc(F)c(-c2ccc3nc(NC4CCNCC4)ncc3c2F)c1F)c1cc(Cl)cc2c1OCC21CS1. The molecule has 14 heteroatoms. The minimum Gasteiger partial charge on any atom is -0.485 e. The van der Waals surface area contributed by atoms with E-state index in [-0.39, 0.29) is 43.7 Å². The van der Waals surface area contributed by atoms with E-state index in [1.165, 1.54) is 24.4 Å². The Labute approximate surface area is 247 Å². The lowest BCUT2D eigenvalue weighted by atomic mass is 10.0. The fraction of sp³-hybridized carbons (Fsp3) is 0.286. The van der Waals surface area contributed by atoms with Crippen LogP contribution in [0.5, 0.6) is 5.75 Å². The average Bonchev–Trinajstić information content (AvgIpc) is 3.67. The highest BCUT2D eigenvalue weighted by atomic mass is 35.5. The maximum atomic E-state index is 15.8. The molecule has 1 spiro atoms. The van der Waals surface area contributed by atoms with Crippen molar-refractivity contribution in [2.45, 2.75) is 23.6 Å². The minimum absolute atomic E-state index is 0.0199. The molecule has 42 heavy (non-hydrogen) atoms. The van der Waals surface area contributed by atoms with Gasteiger partial charge in [-0.05, 0) is 56.3 Å². The molecule has 0 aliphatic carbocycles. The first kappa shape index (κ1) is 27.5. The van der Waals surface area contributed by atoms with Gasteiger partial charge in [0, 0.05) is 40.2 Å². The van der Waals surface area contributed by atoms with Crippen LogP contribution in [0, 0.1) is 17.5 Å². The molecule has 4 heterocycles. The number of anilines is 2. The number of nitrogens with zero attached hydrogens (tertiary/aromatic N) is 3. The van der Waals surface area contributed by atoms with Crippen LogP contribution in [0.2, 0.25) is 5.02 Å². The van der Waals surface area contributed by atoms with Crippen molar-refractivity contribution in [3.63, 3.8) is 0 Å². The summed E-state index contributed by atoms with van der Waals surface area (Å²) in [6.45, 7) is 2.07. The van der Waals surface area contributed by atoms with E-state index in [4.69, 9.17) is 16.3 Å². The van der Waals surface area contributed by atoms with Crippen molar-refractivity contribution < 1.29 is 28.3 Å². The Kier molecular flexibility index (Phi) is 6.64. The minimum atomic E-state index is -2.05. The van der Waals surface area contributed by atoms with Crippen LogP contribution >= 0.6 is 23.4 Å². The van der Waals surface area contributed by atoms with Crippen LogP contribution in [-0.4, -0.2) is 51.9 Å². The Morgan fingerprint density at radius 3 is 2.64 bits per heavy atom. The van der Waals surface area contributed by atoms with Crippen molar-refractivity contribution >= 4 is 51.6 Å². The fourth-order valence-electron chi connectivity index (χ4n) is 5.49. The van der Waals surface area contributed by atoms with Gasteiger partial charge in [-0.2, -0.15) is 5.43 Å².